The molecular weight excluding hydrogens is 402 g/mol. The molecule has 0 saturated carbocycles. The Balaban J connectivity index is 1.76. The summed E-state index contributed by atoms with van der Waals surface area (Å²) in [6.07, 6.45) is 1.48. The number of aromatic amines is 1. The van der Waals surface area contributed by atoms with Gasteiger partial charge in [0.05, 0.1) is 17.8 Å². The summed E-state index contributed by atoms with van der Waals surface area (Å²) in [6.45, 7) is 0. The number of methoxy groups -OCH3 is 1. The molecule has 0 amide bonds. The first kappa shape index (κ1) is 17.6. The van der Waals surface area contributed by atoms with Crippen LogP contribution in [0.3, 0.4) is 0 Å². The summed E-state index contributed by atoms with van der Waals surface area (Å²) in [5.74, 6) is 0.418. The third kappa shape index (κ3) is 3.89. The Labute approximate surface area is 156 Å². The second kappa shape index (κ2) is 7.79. The van der Waals surface area contributed by atoms with E-state index in [9.17, 15) is 9.90 Å². The van der Waals surface area contributed by atoms with Crippen LogP contribution in [-0.2, 0) is 0 Å². The molecule has 1 heterocycles. The molecular formula is C17H14BrN5O3. The first-order chi connectivity index (χ1) is 12.6. The Morgan fingerprint density at radius 1 is 1.27 bits per heavy atom. The lowest BCUT2D eigenvalue weighted by Crippen LogP contribution is -2.15. The zero-order valence-corrected chi connectivity index (χ0v) is 15.2. The maximum absolute atomic E-state index is 12.1. The van der Waals surface area contributed by atoms with Gasteiger partial charge < -0.3 is 9.84 Å². The monoisotopic (exact) mass is 415 g/mol. The number of nitrogens with one attached hydrogen (secondary N) is 2. The molecule has 0 atom stereocenters. The quantitative estimate of drug-likeness (QED) is 0.436. The number of rotatable bonds is 5. The molecule has 2 aromatic carbocycles. The van der Waals surface area contributed by atoms with Crippen molar-refractivity contribution in [3.63, 3.8) is 0 Å². The van der Waals surface area contributed by atoms with E-state index in [0.717, 1.165) is 0 Å². The van der Waals surface area contributed by atoms with Gasteiger partial charge in [0.1, 0.15) is 0 Å². The molecule has 0 bridgehead atoms. The van der Waals surface area contributed by atoms with Crippen LogP contribution in [0, 0.1) is 0 Å². The van der Waals surface area contributed by atoms with Crippen molar-refractivity contribution < 1.29 is 9.84 Å². The summed E-state index contributed by atoms with van der Waals surface area (Å²) < 4.78 is 5.54. The second-order valence-electron chi connectivity index (χ2n) is 5.14. The van der Waals surface area contributed by atoms with Gasteiger partial charge in [0.15, 0.2) is 17.2 Å². The highest BCUT2D eigenvalue weighted by Gasteiger charge is 2.08. The molecule has 26 heavy (non-hydrogen) atoms. The van der Waals surface area contributed by atoms with Gasteiger partial charge in [-0.1, -0.05) is 30.3 Å². The minimum atomic E-state index is -0.377. The van der Waals surface area contributed by atoms with E-state index >= 15 is 0 Å². The number of hydrazone groups is 1. The van der Waals surface area contributed by atoms with Crippen molar-refractivity contribution in [2.45, 2.75) is 0 Å². The summed E-state index contributed by atoms with van der Waals surface area (Å²) in [5.41, 5.74) is 3.80. The number of H-pyrrole nitrogens is 1. The average molecular weight is 416 g/mol. The van der Waals surface area contributed by atoms with Crippen LogP contribution in [0.25, 0.3) is 11.3 Å². The third-order valence-corrected chi connectivity index (χ3v) is 4.00. The molecule has 3 N–H and O–H groups in total. The number of hydrogen-bond acceptors (Lipinski definition) is 7. The van der Waals surface area contributed by atoms with Crippen molar-refractivity contribution in [3.8, 4) is 22.8 Å². The van der Waals surface area contributed by atoms with Crippen LogP contribution in [0.1, 0.15) is 5.56 Å². The number of phenols is 1. The van der Waals surface area contributed by atoms with Crippen LogP contribution in [0.2, 0.25) is 0 Å². The molecule has 1 aromatic heterocycles. The zero-order chi connectivity index (χ0) is 18.5. The summed E-state index contributed by atoms with van der Waals surface area (Å²) in [6, 6.07) is 12.3. The van der Waals surface area contributed by atoms with Gasteiger partial charge in [-0.05, 0) is 33.6 Å². The lowest BCUT2D eigenvalue weighted by atomic mass is 10.2. The fraction of sp³-hybridized carbons (Fsp3) is 0.0588. The fourth-order valence-corrected chi connectivity index (χ4v) is 2.62. The van der Waals surface area contributed by atoms with Crippen molar-refractivity contribution in [1.29, 1.82) is 0 Å². The van der Waals surface area contributed by atoms with E-state index in [-0.39, 0.29) is 23.0 Å². The van der Waals surface area contributed by atoms with Gasteiger partial charge in [0, 0.05) is 5.56 Å². The van der Waals surface area contributed by atoms with E-state index in [1.54, 1.807) is 24.3 Å². The van der Waals surface area contributed by atoms with Crippen molar-refractivity contribution in [2.75, 3.05) is 12.5 Å². The van der Waals surface area contributed by atoms with Gasteiger partial charge in [0.2, 0.25) is 5.95 Å². The Morgan fingerprint density at radius 2 is 2.04 bits per heavy atom. The van der Waals surface area contributed by atoms with Gasteiger partial charge in [-0.3, -0.25) is 9.78 Å². The van der Waals surface area contributed by atoms with Crippen LogP contribution >= 0.6 is 15.9 Å². The minimum absolute atomic E-state index is 0.00399. The highest BCUT2D eigenvalue weighted by Crippen LogP contribution is 2.34. The molecule has 0 aliphatic heterocycles. The van der Waals surface area contributed by atoms with Gasteiger partial charge in [-0.25, -0.2) is 5.43 Å². The van der Waals surface area contributed by atoms with E-state index < -0.39 is 0 Å². The number of benzene rings is 2. The number of hydrogen-bond donors (Lipinski definition) is 3. The largest absolute Gasteiger partial charge is 0.503 e. The summed E-state index contributed by atoms with van der Waals surface area (Å²) in [5, 5.41) is 21.6. The second-order valence-corrected chi connectivity index (χ2v) is 6.00. The summed E-state index contributed by atoms with van der Waals surface area (Å²) in [7, 11) is 1.45. The predicted octanol–water partition coefficient (Wildman–Crippen LogP) is 2.75. The molecule has 3 rings (SSSR count). The van der Waals surface area contributed by atoms with E-state index in [1.165, 1.54) is 13.3 Å². The molecule has 132 valence electrons. The van der Waals surface area contributed by atoms with Crippen molar-refractivity contribution in [2.24, 2.45) is 5.10 Å². The highest BCUT2D eigenvalue weighted by molar-refractivity contribution is 9.10. The van der Waals surface area contributed by atoms with Crippen LogP contribution in [-0.4, -0.2) is 33.6 Å². The first-order valence-corrected chi connectivity index (χ1v) is 8.26. The Hall–Kier alpha value is -3.20. The van der Waals surface area contributed by atoms with Crippen molar-refractivity contribution >= 4 is 28.1 Å². The van der Waals surface area contributed by atoms with Crippen LogP contribution in [0.15, 0.2) is 56.8 Å². The normalized spacial score (nSPS) is 10.8. The maximum atomic E-state index is 12.1. The number of anilines is 1. The molecule has 3 aromatic rings. The Kier molecular flexibility index (Phi) is 5.28. The zero-order valence-electron chi connectivity index (χ0n) is 13.6. The van der Waals surface area contributed by atoms with E-state index in [0.29, 0.717) is 21.3 Å². The number of aromatic hydroxyl groups is 1. The van der Waals surface area contributed by atoms with Crippen molar-refractivity contribution in [3.05, 3.63) is 62.9 Å². The molecule has 9 heteroatoms. The fourth-order valence-electron chi connectivity index (χ4n) is 2.16. The summed E-state index contributed by atoms with van der Waals surface area (Å²) >= 11 is 3.23. The van der Waals surface area contributed by atoms with Gasteiger partial charge in [-0.15, -0.1) is 10.2 Å². The topological polar surface area (TPSA) is 112 Å². The van der Waals surface area contributed by atoms with Crippen LogP contribution in [0.4, 0.5) is 5.95 Å². The minimum Gasteiger partial charge on any atom is -0.503 e. The molecule has 0 saturated heterocycles. The van der Waals surface area contributed by atoms with Gasteiger partial charge in [0.25, 0.3) is 5.56 Å². The molecule has 0 spiro atoms. The number of ether oxygens (including phenoxy) is 1. The summed E-state index contributed by atoms with van der Waals surface area (Å²) in [4.78, 5) is 14.7. The molecule has 0 aliphatic carbocycles. The molecule has 8 nitrogen and oxygen atoms in total. The Morgan fingerprint density at radius 3 is 2.73 bits per heavy atom. The molecule has 0 aliphatic rings. The van der Waals surface area contributed by atoms with E-state index in [4.69, 9.17) is 4.74 Å². The van der Waals surface area contributed by atoms with Crippen molar-refractivity contribution in [1.82, 2.24) is 15.2 Å². The molecule has 0 fully saturated rings. The predicted molar refractivity (Wildman–Crippen MR) is 102 cm³/mol. The molecule has 0 unspecified atom stereocenters. The Bertz CT molecular complexity index is 1010. The van der Waals surface area contributed by atoms with Gasteiger partial charge in [-0.2, -0.15) is 5.10 Å². The first-order valence-electron chi connectivity index (χ1n) is 7.46. The maximum Gasteiger partial charge on any atom is 0.279 e. The van der Waals surface area contributed by atoms with E-state index in [1.807, 2.05) is 18.2 Å². The lowest BCUT2D eigenvalue weighted by molar-refractivity contribution is 0.372. The molecule has 0 radical (unpaired) electrons. The third-order valence-electron chi connectivity index (χ3n) is 3.40. The SMILES string of the molecule is COc1cc(/C=N/Nc2nnc(-c3ccccc3)c(=O)[nH]2)cc(Br)c1O. The standard InChI is InChI=1S/C17H14BrN5O3/c1-26-13-8-10(7-12(18)15(13)24)9-19-22-17-20-16(25)14(21-23-17)11-5-3-2-4-6-11/h2-9,24H,1H3,(H2,20,22,23,25)/b19-9+. The number of phenolic OH excluding ortho intramolecular Hbond substituents is 1. The average Bonchev–Trinajstić information content (AvgIpc) is 2.65. The smallest absolute Gasteiger partial charge is 0.279 e. The lowest BCUT2D eigenvalue weighted by Gasteiger charge is -2.06. The van der Waals surface area contributed by atoms with Gasteiger partial charge >= 0.3 is 0 Å². The highest BCUT2D eigenvalue weighted by atomic mass is 79.9. The number of aromatic nitrogens is 3. The van der Waals surface area contributed by atoms with E-state index in [2.05, 4.69) is 41.6 Å². The number of halogens is 1. The van der Waals surface area contributed by atoms with Crippen LogP contribution < -0.4 is 15.7 Å². The van der Waals surface area contributed by atoms with Crippen LogP contribution in [0.5, 0.6) is 11.5 Å². The number of nitrogens with zero attached hydrogens (tertiary/aromatic N) is 3.